The predicted octanol–water partition coefficient (Wildman–Crippen LogP) is 10.7. The van der Waals surface area contributed by atoms with Crippen LogP contribution in [0.5, 0.6) is 0 Å². The number of rotatable bonds is 3. The summed E-state index contributed by atoms with van der Waals surface area (Å²) in [5.74, 6) is 2.05. The average molecular weight is 431 g/mol. The molecular weight excluding hydrogens is 364 g/mol. The first-order chi connectivity index (χ1) is 12.5. The molecule has 30 heavy (non-hydrogen) atoms. The Morgan fingerprint density at radius 1 is 0.733 bits per heavy atom. The van der Waals surface area contributed by atoms with Crippen molar-refractivity contribution in [2.75, 3.05) is 0 Å². The maximum absolute atomic E-state index is 11.2. The fraction of sp³-hybridized carbons (Fsp3) is 0.966. The summed E-state index contributed by atoms with van der Waals surface area (Å²) >= 11 is 0. The summed E-state index contributed by atoms with van der Waals surface area (Å²) in [6.07, 6.45) is 1.27. The van der Waals surface area contributed by atoms with E-state index in [1.54, 1.807) is 6.92 Å². The molecule has 188 valence electrons. The lowest BCUT2D eigenvalue weighted by Crippen LogP contribution is -2.38. The Morgan fingerprint density at radius 3 is 1.03 bits per heavy atom. The molecular formula is C29H66O. The van der Waals surface area contributed by atoms with Gasteiger partial charge in [0, 0.05) is 5.92 Å². The summed E-state index contributed by atoms with van der Waals surface area (Å²) in [4.78, 5) is 11.2. The van der Waals surface area contributed by atoms with Crippen LogP contribution in [0.2, 0.25) is 0 Å². The van der Waals surface area contributed by atoms with Gasteiger partial charge < -0.3 is 0 Å². The highest BCUT2D eigenvalue weighted by atomic mass is 16.1. The zero-order valence-electron chi connectivity index (χ0n) is 24.3. The second-order valence-corrected chi connectivity index (χ2v) is 12.6. The quantitative estimate of drug-likeness (QED) is 0.435. The van der Waals surface area contributed by atoms with E-state index in [0.717, 1.165) is 11.8 Å². The van der Waals surface area contributed by atoms with Gasteiger partial charge in [0.25, 0.3) is 0 Å². The van der Waals surface area contributed by atoms with Crippen molar-refractivity contribution in [1.82, 2.24) is 0 Å². The van der Waals surface area contributed by atoms with Crippen molar-refractivity contribution in [3.8, 4) is 0 Å². The van der Waals surface area contributed by atoms with Gasteiger partial charge in [0.15, 0.2) is 0 Å². The number of Topliss-reactive ketones (excluding diaryl/α,β-unsaturated/α-hetero) is 1. The van der Waals surface area contributed by atoms with Crippen molar-refractivity contribution in [3.05, 3.63) is 0 Å². The molecule has 0 amide bonds. The minimum absolute atomic E-state index is 0. The average Bonchev–Trinajstić information content (AvgIpc) is 2.53. The Bertz CT molecular complexity index is 394. The van der Waals surface area contributed by atoms with E-state index in [-0.39, 0.29) is 30.0 Å². The molecule has 1 heteroatoms. The molecule has 0 aromatic rings. The van der Waals surface area contributed by atoms with E-state index in [4.69, 9.17) is 0 Å². The molecule has 0 rings (SSSR count). The van der Waals surface area contributed by atoms with Crippen LogP contribution in [0.1, 0.15) is 145 Å². The zero-order valence-corrected chi connectivity index (χ0v) is 24.3. The molecule has 0 spiro atoms. The van der Waals surface area contributed by atoms with Crippen molar-refractivity contribution in [2.45, 2.75) is 145 Å². The zero-order chi connectivity index (χ0) is 25.0. The number of ketones is 1. The Labute approximate surface area is 195 Å². The molecule has 0 aliphatic carbocycles. The second kappa shape index (κ2) is 16.3. The first-order valence-electron chi connectivity index (χ1n) is 12.0. The molecule has 0 fully saturated rings. The van der Waals surface area contributed by atoms with Crippen LogP contribution in [0, 0.1) is 39.4 Å². The van der Waals surface area contributed by atoms with Gasteiger partial charge in [0.05, 0.1) is 0 Å². The summed E-state index contributed by atoms with van der Waals surface area (Å²) < 4.78 is 0. The first-order valence-corrected chi connectivity index (χ1v) is 12.0. The van der Waals surface area contributed by atoms with E-state index in [9.17, 15) is 4.79 Å². The molecule has 0 saturated carbocycles. The van der Waals surface area contributed by atoms with E-state index in [2.05, 4.69) is 104 Å². The van der Waals surface area contributed by atoms with Crippen LogP contribution < -0.4 is 0 Å². The third-order valence-corrected chi connectivity index (χ3v) is 7.05. The molecule has 2 unspecified atom stereocenters. The monoisotopic (exact) mass is 431 g/mol. The molecule has 0 N–H and O–H groups in total. The molecule has 0 aromatic carbocycles. The van der Waals surface area contributed by atoms with Gasteiger partial charge in [-0.25, -0.2) is 0 Å². The van der Waals surface area contributed by atoms with Crippen molar-refractivity contribution >= 4 is 5.78 Å². The van der Waals surface area contributed by atoms with E-state index in [1.807, 2.05) is 20.8 Å². The minimum Gasteiger partial charge on any atom is -0.300 e. The SMILES string of the molecule is C.CC.CC(=O)C(C)C(C)(C)C(C)(C)C.CC(C)C(C)C(C)(C)C.CCC(C)(C)C. The van der Waals surface area contributed by atoms with Gasteiger partial charge in [0.2, 0.25) is 0 Å². The highest BCUT2D eigenvalue weighted by Crippen LogP contribution is 2.44. The van der Waals surface area contributed by atoms with Crippen LogP contribution >= 0.6 is 0 Å². The van der Waals surface area contributed by atoms with Crippen LogP contribution in [0.4, 0.5) is 0 Å². The van der Waals surface area contributed by atoms with E-state index in [1.165, 1.54) is 6.42 Å². The van der Waals surface area contributed by atoms with Gasteiger partial charge >= 0.3 is 0 Å². The molecule has 1 nitrogen and oxygen atoms in total. The molecule has 0 aromatic heterocycles. The van der Waals surface area contributed by atoms with Gasteiger partial charge in [-0.2, -0.15) is 0 Å². The lowest BCUT2D eigenvalue weighted by atomic mass is 9.62. The maximum atomic E-state index is 11.2. The lowest BCUT2D eigenvalue weighted by Gasteiger charge is -2.42. The first kappa shape index (κ1) is 40.1. The molecule has 0 saturated heterocycles. The van der Waals surface area contributed by atoms with Crippen molar-refractivity contribution < 1.29 is 4.79 Å². The maximum Gasteiger partial charge on any atom is 0.133 e. The summed E-state index contributed by atoms with van der Waals surface area (Å²) in [5, 5.41) is 0. The van der Waals surface area contributed by atoms with Crippen LogP contribution in [0.15, 0.2) is 0 Å². The Morgan fingerprint density at radius 2 is 1.00 bits per heavy atom. The summed E-state index contributed by atoms with van der Waals surface area (Å²) in [6.45, 7) is 41.3. The van der Waals surface area contributed by atoms with Gasteiger partial charge in [0.1, 0.15) is 5.78 Å². The minimum atomic E-state index is 0. The molecule has 2 atom stereocenters. The standard InChI is InChI=1S/C11H22O.C9H20.C6H14.C2H6.CH4/c1-8(9(2)12)11(6,7)10(3,4)5;1-7(2)8(3)9(4,5)6;1-5-6(2,3)4;1-2;/h8H,1-7H3;7-8H,1-6H3;5H2,1-4H3;1-2H3;1H4. The fourth-order valence-electron chi connectivity index (χ4n) is 2.16. The van der Waals surface area contributed by atoms with Crippen molar-refractivity contribution in [1.29, 1.82) is 0 Å². The van der Waals surface area contributed by atoms with Gasteiger partial charge in [-0.05, 0) is 40.4 Å². The molecule has 0 radical (unpaired) electrons. The molecule has 0 aliphatic heterocycles. The van der Waals surface area contributed by atoms with E-state index >= 15 is 0 Å². The Hall–Kier alpha value is -0.330. The van der Waals surface area contributed by atoms with Gasteiger partial charge in [-0.1, -0.05) is 138 Å². The van der Waals surface area contributed by atoms with Crippen LogP contribution in [0.3, 0.4) is 0 Å². The number of carbonyl (C=O) groups excluding carboxylic acids is 1. The van der Waals surface area contributed by atoms with Crippen LogP contribution in [0.25, 0.3) is 0 Å². The van der Waals surface area contributed by atoms with Crippen LogP contribution in [-0.4, -0.2) is 5.78 Å². The lowest BCUT2D eigenvalue weighted by molar-refractivity contribution is -0.126. The largest absolute Gasteiger partial charge is 0.300 e. The van der Waals surface area contributed by atoms with Gasteiger partial charge in [-0.15, -0.1) is 0 Å². The normalized spacial score (nSPS) is 13.9. The summed E-state index contributed by atoms with van der Waals surface area (Å²) in [5.41, 5.74) is 1.27. The van der Waals surface area contributed by atoms with E-state index in [0.29, 0.717) is 10.8 Å². The third-order valence-electron chi connectivity index (χ3n) is 7.05. The second-order valence-electron chi connectivity index (χ2n) is 12.6. The van der Waals surface area contributed by atoms with Crippen molar-refractivity contribution in [3.63, 3.8) is 0 Å². The topological polar surface area (TPSA) is 17.1 Å². The molecule has 0 bridgehead atoms. The van der Waals surface area contributed by atoms with Crippen molar-refractivity contribution in [2.24, 2.45) is 39.4 Å². The highest BCUT2D eigenvalue weighted by Gasteiger charge is 2.39. The Balaban J connectivity index is -0.000000103. The number of carbonyl (C=O) groups is 1. The van der Waals surface area contributed by atoms with E-state index < -0.39 is 0 Å². The molecule has 0 aliphatic rings. The fourth-order valence-corrected chi connectivity index (χ4v) is 2.16. The third kappa shape index (κ3) is 19.6. The van der Waals surface area contributed by atoms with Crippen LogP contribution in [-0.2, 0) is 4.79 Å². The number of hydrogen-bond acceptors (Lipinski definition) is 1. The number of hydrogen-bond donors (Lipinski definition) is 0. The molecule has 0 heterocycles. The summed E-state index contributed by atoms with van der Waals surface area (Å²) in [6, 6.07) is 0. The smallest absolute Gasteiger partial charge is 0.133 e. The van der Waals surface area contributed by atoms with Gasteiger partial charge in [-0.3, -0.25) is 4.79 Å². The highest BCUT2D eigenvalue weighted by molar-refractivity contribution is 5.78. The summed E-state index contributed by atoms with van der Waals surface area (Å²) in [7, 11) is 0. The predicted molar refractivity (Wildman–Crippen MR) is 144 cm³/mol. The Kier molecular flexibility index (Phi) is 21.8.